The second-order valence-corrected chi connectivity index (χ2v) is 7.70. The Labute approximate surface area is 191 Å². The van der Waals surface area contributed by atoms with Gasteiger partial charge in [0.15, 0.2) is 0 Å². The van der Waals surface area contributed by atoms with Crippen LogP contribution in [-0.4, -0.2) is 32.3 Å². The Morgan fingerprint density at radius 2 is 1.82 bits per heavy atom. The maximum atomic E-state index is 11.5. The molecule has 3 aromatic carbocycles. The van der Waals surface area contributed by atoms with Crippen LogP contribution in [-0.2, 0) is 0 Å². The maximum absolute atomic E-state index is 11.5. The topological polar surface area (TPSA) is 138 Å². The van der Waals surface area contributed by atoms with E-state index in [4.69, 9.17) is 0 Å². The van der Waals surface area contributed by atoms with Crippen molar-refractivity contribution >= 4 is 45.7 Å². The van der Waals surface area contributed by atoms with Crippen molar-refractivity contribution in [3.63, 3.8) is 0 Å². The number of carboxylic acids is 1. The Balaban J connectivity index is 1.49. The van der Waals surface area contributed by atoms with Gasteiger partial charge >= 0.3 is 5.97 Å². The summed E-state index contributed by atoms with van der Waals surface area (Å²) in [7, 11) is 0. The fourth-order valence-electron chi connectivity index (χ4n) is 2.96. The van der Waals surface area contributed by atoms with E-state index >= 15 is 0 Å². The lowest BCUT2D eigenvalue weighted by Gasteiger charge is -2.10. The number of nitro benzene ring substituents is 1. The van der Waals surface area contributed by atoms with Crippen LogP contribution in [0.5, 0.6) is 5.75 Å². The van der Waals surface area contributed by atoms with E-state index in [1.807, 2.05) is 17.5 Å². The van der Waals surface area contributed by atoms with E-state index in [0.717, 1.165) is 22.9 Å². The molecule has 1 heterocycles. The lowest BCUT2D eigenvalue weighted by Crippen LogP contribution is -2.04. The van der Waals surface area contributed by atoms with Crippen LogP contribution in [0.2, 0.25) is 0 Å². The number of phenolic OH excluding ortho intramolecular Hbond substituents is 1. The first-order valence-electron chi connectivity index (χ1n) is 9.57. The van der Waals surface area contributed by atoms with Gasteiger partial charge in [-0.2, -0.15) is 0 Å². The van der Waals surface area contributed by atoms with Crippen LogP contribution in [0.15, 0.2) is 77.1 Å². The molecule has 0 aliphatic carbocycles. The fourth-order valence-corrected chi connectivity index (χ4v) is 3.63. The minimum absolute atomic E-state index is 0.189. The molecule has 33 heavy (non-hydrogen) atoms. The number of anilines is 2. The standard InChI is InChI=1S/C23H16N4O5S/c28-18-8-1-14(2-9-18)12-24-23-26-21(13-33-23)15-3-5-16(6-4-15)25-20-10-7-17(27(31)32)11-19(20)22(29)30/h1-13,25,28H,(H,29,30)/b24-12+. The molecule has 0 radical (unpaired) electrons. The van der Waals surface area contributed by atoms with Gasteiger partial charge in [0.25, 0.3) is 5.69 Å². The third kappa shape index (κ3) is 5.20. The van der Waals surface area contributed by atoms with Gasteiger partial charge in [-0.3, -0.25) is 10.1 Å². The Bertz CT molecular complexity index is 1350. The smallest absolute Gasteiger partial charge is 0.338 e. The first-order chi connectivity index (χ1) is 15.9. The number of non-ortho nitro benzene ring substituents is 1. The van der Waals surface area contributed by atoms with Gasteiger partial charge in [-0.15, -0.1) is 11.3 Å². The highest BCUT2D eigenvalue weighted by molar-refractivity contribution is 7.13. The van der Waals surface area contributed by atoms with Crippen molar-refractivity contribution in [1.29, 1.82) is 0 Å². The molecule has 0 saturated heterocycles. The number of phenols is 1. The summed E-state index contributed by atoms with van der Waals surface area (Å²) < 4.78 is 0. The van der Waals surface area contributed by atoms with Gasteiger partial charge in [0.05, 0.1) is 21.9 Å². The van der Waals surface area contributed by atoms with Crippen molar-refractivity contribution in [1.82, 2.24) is 4.98 Å². The highest BCUT2D eigenvalue weighted by Gasteiger charge is 2.16. The predicted molar refractivity (Wildman–Crippen MR) is 126 cm³/mol. The van der Waals surface area contributed by atoms with Gasteiger partial charge in [0, 0.05) is 35.0 Å². The van der Waals surface area contributed by atoms with Crippen LogP contribution in [0.4, 0.5) is 22.2 Å². The molecule has 9 nitrogen and oxygen atoms in total. The van der Waals surface area contributed by atoms with Crippen LogP contribution in [0.1, 0.15) is 15.9 Å². The molecule has 1 aromatic heterocycles. The molecule has 4 aromatic rings. The number of nitrogens with one attached hydrogen (secondary N) is 1. The molecule has 0 aliphatic heterocycles. The number of benzene rings is 3. The Morgan fingerprint density at radius 3 is 2.48 bits per heavy atom. The summed E-state index contributed by atoms with van der Waals surface area (Å²) in [4.78, 5) is 30.6. The summed E-state index contributed by atoms with van der Waals surface area (Å²) in [6.45, 7) is 0. The van der Waals surface area contributed by atoms with E-state index in [-0.39, 0.29) is 22.7 Å². The molecule has 0 atom stereocenters. The monoisotopic (exact) mass is 460 g/mol. The Hall–Kier alpha value is -4.57. The molecule has 0 spiro atoms. The van der Waals surface area contributed by atoms with Crippen molar-refractivity contribution < 1.29 is 19.9 Å². The predicted octanol–water partition coefficient (Wildman–Crippen LogP) is 5.62. The fraction of sp³-hybridized carbons (Fsp3) is 0. The van der Waals surface area contributed by atoms with Crippen molar-refractivity contribution in [3.8, 4) is 17.0 Å². The van der Waals surface area contributed by atoms with Crippen LogP contribution < -0.4 is 5.32 Å². The van der Waals surface area contributed by atoms with Gasteiger partial charge in [-0.05, 0) is 48.0 Å². The highest BCUT2D eigenvalue weighted by Crippen LogP contribution is 2.30. The Kier molecular flexibility index (Phi) is 6.09. The number of hydrogen-bond donors (Lipinski definition) is 3. The third-order valence-corrected chi connectivity index (χ3v) is 5.36. The van der Waals surface area contributed by atoms with Crippen molar-refractivity contribution in [2.75, 3.05) is 5.32 Å². The zero-order valence-corrected chi connectivity index (χ0v) is 17.7. The molecule has 0 fully saturated rings. The van der Waals surface area contributed by atoms with Crippen molar-refractivity contribution in [2.45, 2.75) is 0 Å². The molecule has 10 heteroatoms. The number of aromatic hydroxyl groups is 1. The number of nitrogens with zero attached hydrogens (tertiary/aromatic N) is 3. The molecule has 3 N–H and O–H groups in total. The van der Waals surface area contributed by atoms with Gasteiger partial charge in [-0.1, -0.05) is 12.1 Å². The molecule has 4 rings (SSSR count). The molecular weight excluding hydrogens is 444 g/mol. The average Bonchev–Trinajstić information content (AvgIpc) is 3.28. The quantitative estimate of drug-likeness (QED) is 0.185. The van der Waals surface area contributed by atoms with E-state index in [2.05, 4.69) is 15.3 Å². The number of carbonyl (C=O) groups is 1. The SMILES string of the molecule is O=C(O)c1cc([N+](=O)[O-])ccc1Nc1ccc(-c2csc(/N=C/c3ccc(O)cc3)n2)cc1. The second kappa shape index (κ2) is 9.28. The van der Waals surface area contributed by atoms with Crippen molar-refractivity contribution in [2.24, 2.45) is 4.99 Å². The number of rotatable bonds is 7. The number of nitro groups is 1. The number of aliphatic imine (C=N–C) groups is 1. The van der Waals surface area contributed by atoms with Gasteiger partial charge in [0.1, 0.15) is 5.75 Å². The van der Waals surface area contributed by atoms with E-state index in [1.165, 1.54) is 23.5 Å². The zero-order chi connectivity index (χ0) is 23.4. The molecule has 0 amide bonds. The van der Waals surface area contributed by atoms with Crippen LogP contribution in [0.3, 0.4) is 0 Å². The largest absolute Gasteiger partial charge is 0.508 e. The molecule has 0 aliphatic rings. The number of aromatic carboxylic acids is 1. The average molecular weight is 460 g/mol. The number of thiazole rings is 1. The lowest BCUT2D eigenvalue weighted by atomic mass is 10.1. The van der Waals surface area contributed by atoms with Gasteiger partial charge in [-0.25, -0.2) is 14.8 Å². The summed E-state index contributed by atoms with van der Waals surface area (Å²) >= 11 is 1.39. The van der Waals surface area contributed by atoms with Crippen molar-refractivity contribution in [3.05, 3.63) is 93.4 Å². The molecule has 0 saturated carbocycles. The lowest BCUT2D eigenvalue weighted by molar-refractivity contribution is -0.384. The minimum Gasteiger partial charge on any atom is -0.508 e. The van der Waals surface area contributed by atoms with E-state index in [1.54, 1.807) is 42.6 Å². The van der Waals surface area contributed by atoms with Crippen LogP contribution in [0.25, 0.3) is 11.3 Å². The van der Waals surface area contributed by atoms with E-state index in [9.17, 15) is 25.1 Å². The molecule has 164 valence electrons. The maximum Gasteiger partial charge on any atom is 0.338 e. The highest BCUT2D eigenvalue weighted by atomic mass is 32.1. The third-order valence-electron chi connectivity index (χ3n) is 4.61. The summed E-state index contributed by atoms with van der Waals surface area (Å²) in [6, 6.07) is 17.5. The van der Waals surface area contributed by atoms with Crippen LogP contribution in [0, 0.1) is 10.1 Å². The summed E-state index contributed by atoms with van der Waals surface area (Å²) in [5.41, 5.74) is 2.82. The summed E-state index contributed by atoms with van der Waals surface area (Å²) in [6.07, 6.45) is 1.67. The number of carboxylic acid groups (broad SMARTS) is 1. The number of hydrogen-bond acceptors (Lipinski definition) is 8. The first-order valence-corrected chi connectivity index (χ1v) is 10.4. The summed E-state index contributed by atoms with van der Waals surface area (Å²) in [5.74, 6) is -1.07. The molecule has 0 bridgehead atoms. The Morgan fingerprint density at radius 1 is 1.09 bits per heavy atom. The minimum atomic E-state index is -1.26. The summed E-state index contributed by atoms with van der Waals surface area (Å²) in [5, 5.41) is 35.1. The zero-order valence-electron chi connectivity index (χ0n) is 16.9. The van der Waals surface area contributed by atoms with E-state index in [0.29, 0.717) is 10.8 Å². The second-order valence-electron chi connectivity index (χ2n) is 6.86. The van der Waals surface area contributed by atoms with Gasteiger partial charge < -0.3 is 15.5 Å². The first kappa shape index (κ1) is 21.7. The normalized spacial score (nSPS) is 10.9. The molecular formula is C23H16N4O5S. The van der Waals surface area contributed by atoms with E-state index < -0.39 is 10.9 Å². The van der Waals surface area contributed by atoms with Gasteiger partial charge in [0.2, 0.25) is 5.13 Å². The van der Waals surface area contributed by atoms with Crippen LogP contribution >= 0.6 is 11.3 Å². The molecule has 0 unspecified atom stereocenters. The number of aromatic nitrogens is 1.